The van der Waals surface area contributed by atoms with E-state index in [1.54, 1.807) is 12.1 Å². The lowest BCUT2D eigenvalue weighted by molar-refractivity contribution is 0.301. The predicted octanol–water partition coefficient (Wildman–Crippen LogP) is 5.42. The summed E-state index contributed by atoms with van der Waals surface area (Å²) in [6.45, 7) is 4.69. The lowest BCUT2D eigenvalue weighted by atomic mass is 10.0. The van der Waals surface area contributed by atoms with E-state index >= 15 is 0 Å². The van der Waals surface area contributed by atoms with Crippen LogP contribution in [0.4, 0.5) is 5.82 Å². The molecule has 2 heterocycles. The first-order valence-electron chi connectivity index (χ1n) is 11.1. The van der Waals surface area contributed by atoms with Crippen LogP contribution in [0.15, 0.2) is 60.7 Å². The number of pyridine rings is 1. The molecule has 0 radical (unpaired) electrons. The van der Waals surface area contributed by atoms with Crippen molar-refractivity contribution < 1.29 is 9.84 Å². The standard InChI is InChI=1S/C26H31N3O2/c1-3-31-25-9-5-4-8-23(25)20-17-24(19-10-12-22(30)13-11-19)28-26(18-20)27-15-14-21-7-6-16-29(21)2/h4-5,8-13,17-18,21,30H,3,6-7,14-16H2,1-2H3,(H,27,28). The van der Waals surface area contributed by atoms with E-state index in [9.17, 15) is 5.11 Å². The van der Waals surface area contributed by atoms with Gasteiger partial charge in [0.1, 0.15) is 17.3 Å². The summed E-state index contributed by atoms with van der Waals surface area (Å²) < 4.78 is 5.87. The molecular weight excluding hydrogens is 386 g/mol. The number of nitrogens with zero attached hydrogens (tertiary/aromatic N) is 2. The fraction of sp³-hybridized carbons (Fsp3) is 0.346. The molecule has 1 aliphatic rings. The minimum atomic E-state index is 0.251. The first-order valence-corrected chi connectivity index (χ1v) is 11.1. The zero-order valence-electron chi connectivity index (χ0n) is 18.3. The maximum atomic E-state index is 9.67. The van der Waals surface area contributed by atoms with Gasteiger partial charge in [-0.2, -0.15) is 0 Å². The van der Waals surface area contributed by atoms with Gasteiger partial charge in [-0.05, 0) is 87.8 Å². The molecule has 1 saturated heterocycles. The second kappa shape index (κ2) is 9.84. The van der Waals surface area contributed by atoms with Gasteiger partial charge in [0, 0.05) is 23.7 Å². The quantitative estimate of drug-likeness (QED) is 0.513. The molecule has 2 N–H and O–H groups in total. The van der Waals surface area contributed by atoms with Gasteiger partial charge in [0.05, 0.1) is 12.3 Å². The third-order valence-corrected chi connectivity index (χ3v) is 5.94. The first-order chi connectivity index (χ1) is 15.1. The number of aromatic nitrogens is 1. The molecule has 1 fully saturated rings. The highest BCUT2D eigenvalue weighted by molar-refractivity contribution is 5.77. The van der Waals surface area contributed by atoms with E-state index in [2.05, 4.69) is 35.5 Å². The van der Waals surface area contributed by atoms with Gasteiger partial charge in [-0.25, -0.2) is 4.98 Å². The number of para-hydroxylation sites is 1. The number of aromatic hydroxyl groups is 1. The average Bonchev–Trinajstić information content (AvgIpc) is 3.19. The Hall–Kier alpha value is -3.05. The molecule has 0 aliphatic carbocycles. The van der Waals surface area contributed by atoms with Gasteiger partial charge in [-0.1, -0.05) is 18.2 Å². The van der Waals surface area contributed by atoms with Crippen LogP contribution in [-0.4, -0.2) is 47.8 Å². The van der Waals surface area contributed by atoms with Crippen molar-refractivity contribution in [3.05, 3.63) is 60.7 Å². The number of phenolic OH excluding ortho intramolecular Hbond substituents is 1. The van der Waals surface area contributed by atoms with Crippen LogP contribution >= 0.6 is 0 Å². The van der Waals surface area contributed by atoms with Gasteiger partial charge in [0.25, 0.3) is 0 Å². The minimum absolute atomic E-state index is 0.251. The zero-order valence-corrected chi connectivity index (χ0v) is 18.3. The maximum Gasteiger partial charge on any atom is 0.127 e. The Morgan fingerprint density at radius 1 is 1.10 bits per heavy atom. The molecule has 1 aliphatic heterocycles. The monoisotopic (exact) mass is 417 g/mol. The van der Waals surface area contributed by atoms with Crippen LogP contribution in [0.5, 0.6) is 11.5 Å². The van der Waals surface area contributed by atoms with Crippen molar-refractivity contribution in [1.82, 2.24) is 9.88 Å². The number of nitrogens with one attached hydrogen (secondary N) is 1. The number of anilines is 1. The molecule has 0 amide bonds. The van der Waals surface area contributed by atoms with Gasteiger partial charge in [-0.3, -0.25) is 0 Å². The largest absolute Gasteiger partial charge is 0.508 e. The summed E-state index contributed by atoms with van der Waals surface area (Å²) in [5.74, 6) is 1.97. The summed E-state index contributed by atoms with van der Waals surface area (Å²) >= 11 is 0. The number of ether oxygens (including phenoxy) is 1. The number of hydrogen-bond donors (Lipinski definition) is 2. The summed E-state index contributed by atoms with van der Waals surface area (Å²) in [5.41, 5.74) is 3.93. The zero-order chi connectivity index (χ0) is 21.6. The molecule has 162 valence electrons. The van der Waals surface area contributed by atoms with E-state index in [4.69, 9.17) is 9.72 Å². The van der Waals surface area contributed by atoms with E-state index in [0.29, 0.717) is 12.6 Å². The molecular formula is C26H31N3O2. The molecule has 31 heavy (non-hydrogen) atoms. The molecule has 1 aromatic heterocycles. The van der Waals surface area contributed by atoms with E-state index in [1.165, 1.54) is 19.4 Å². The smallest absolute Gasteiger partial charge is 0.127 e. The fourth-order valence-corrected chi connectivity index (χ4v) is 4.25. The topological polar surface area (TPSA) is 57.6 Å². The summed E-state index contributed by atoms with van der Waals surface area (Å²) in [6, 6.07) is 20.1. The summed E-state index contributed by atoms with van der Waals surface area (Å²) in [6.07, 6.45) is 3.66. The van der Waals surface area contributed by atoms with Crippen LogP contribution in [-0.2, 0) is 0 Å². The van der Waals surface area contributed by atoms with Gasteiger partial charge in [0.15, 0.2) is 0 Å². The fourth-order valence-electron chi connectivity index (χ4n) is 4.25. The Balaban J connectivity index is 1.64. The van der Waals surface area contributed by atoms with Crippen LogP contribution in [0.1, 0.15) is 26.2 Å². The summed E-state index contributed by atoms with van der Waals surface area (Å²) in [4.78, 5) is 7.32. The average molecular weight is 418 g/mol. The van der Waals surface area contributed by atoms with Crippen molar-refractivity contribution in [2.45, 2.75) is 32.2 Å². The van der Waals surface area contributed by atoms with Crippen LogP contribution in [0.2, 0.25) is 0 Å². The molecule has 1 unspecified atom stereocenters. The van der Waals surface area contributed by atoms with E-state index in [-0.39, 0.29) is 5.75 Å². The van der Waals surface area contributed by atoms with Crippen molar-refractivity contribution in [2.75, 3.05) is 32.1 Å². The molecule has 4 rings (SSSR count). The van der Waals surface area contributed by atoms with Gasteiger partial charge in [-0.15, -0.1) is 0 Å². The number of hydrogen-bond acceptors (Lipinski definition) is 5. The van der Waals surface area contributed by atoms with Crippen molar-refractivity contribution in [3.63, 3.8) is 0 Å². The minimum Gasteiger partial charge on any atom is -0.508 e. The molecule has 0 saturated carbocycles. The second-order valence-electron chi connectivity index (χ2n) is 8.09. The van der Waals surface area contributed by atoms with Crippen molar-refractivity contribution in [2.24, 2.45) is 0 Å². The SMILES string of the molecule is CCOc1ccccc1-c1cc(NCCC2CCCN2C)nc(-c2ccc(O)cc2)c1. The number of rotatable bonds is 8. The number of likely N-dealkylation sites (tertiary alicyclic amines) is 1. The number of phenols is 1. The Morgan fingerprint density at radius 2 is 1.90 bits per heavy atom. The van der Waals surface area contributed by atoms with Gasteiger partial charge < -0.3 is 20.1 Å². The van der Waals surface area contributed by atoms with E-state index in [0.717, 1.165) is 46.9 Å². The molecule has 5 nitrogen and oxygen atoms in total. The molecule has 0 spiro atoms. The first kappa shape index (κ1) is 21.2. The maximum absolute atomic E-state index is 9.67. The van der Waals surface area contributed by atoms with Crippen LogP contribution in [0.3, 0.4) is 0 Å². The van der Waals surface area contributed by atoms with Crippen LogP contribution in [0, 0.1) is 0 Å². The predicted molar refractivity (Wildman–Crippen MR) is 127 cm³/mol. The van der Waals surface area contributed by atoms with E-state index < -0.39 is 0 Å². The highest BCUT2D eigenvalue weighted by Gasteiger charge is 2.20. The highest BCUT2D eigenvalue weighted by Crippen LogP contribution is 2.34. The van der Waals surface area contributed by atoms with Crippen molar-refractivity contribution in [1.29, 1.82) is 0 Å². The van der Waals surface area contributed by atoms with Crippen molar-refractivity contribution in [3.8, 4) is 33.9 Å². The lowest BCUT2D eigenvalue weighted by Crippen LogP contribution is -2.27. The summed E-state index contributed by atoms with van der Waals surface area (Å²) in [5, 5.41) is 13.2. The van der Waals surface area contributed by atoms with Crippen LogP contribution in [0.25, 0.3) is 22.4 Å². The Bertz CT molecular complexity index is 1000. The van der Waals surface area contributed by atoms with Crippen LogP contribution < -0.4 is 10.1 Å². The third-order valence-electron chi connectivity index (χ3n) is 5.94. The normalized spacial score (nSPS) is 16.4. The Morgan fingerprint density at radius 3 is 2.65 bits per heavy atom. The third kappa shape index (κ3) is 5.17. The van der Waals surface area contributed by atoms with Gasteiger partial charge >= 0.3 is 0 Å². The number of benzene rings is 2. The molecule has 3 aromatic rings. The Labute approximate surface area is 184 Å². The molecule has 2 aromatic carbocycles. The van der Waals surface area contributed by atoms with E-state index in [1.807, 2.05) is 37.3 Å². The van der Waals surface area contributed by atoms with Gasteiger partial charge in [0.2, 0.25) is 0 Å². The highest BCUT2D eigenvalue weighted by atomic mass is 16.5. The lowest BCUT2D eigenvalue weighted by Gasteiger charge is -2.20. The van der Waals surface area contributed by atoms with Crippen molar-refractivity contribution >= 4 is 5.82 Å². The molecule has 5 heteroatoms. The Kier molecular flexibility index (Phi) is 6.73. The second-order valence-corrected chi connectivity index (χ2v) is 8.09. The molecule has 1 atom stereocenters. The summed E-state index contributed by atoms with van der Waals surface area (Å²) in [7, 11) is 2.21. The molecule has 0 bridgehead atoms.